The minimum atomic E-state index is 0.696. The molecule has 0 aliphatic heterocycles. The predicted octanol–water partition coefficient (Wildman–Crippen LogP) is 9.52. The third-order valence-corrected chi connectivity index (χ3v) is 7.57. The normalized spacial score (nSPS) is 38.9. The van der Waals surface area contributed by atoms with Gasteiger partial charge >= 0.3 is 0 Å². The van der Waals surface area contributed by atoms with Crippen molar-refractivity contribution in [3.63, 3.8) is 0 Å². The zero-order valence-corrected chi connectivity index (χ0v) is 20.2. The van der Waals surface area contributed by atoms with Gasteiger partial charge in [-0.05, 0) is 60.7 Å². The van der Waals surface area contributed by atoms with Gasteiger partial charge in [-0.2, -0.15) is 0 Å². The van der Waals surface area contributed by atoms with E-state index >= 15 is 0 Å². The number of hydrogen-bond donors (Lipinski definition) is 0. The van der Waals surface area contributed by atoms with Crippen molar-refractivity contribution in [3.8, 4) is 0 Å². The largest absolute Gasteiger partial charge is 0.0683 e. The van der Waals surface area contributed by atoms with Gasteiger partial charge in [0.1, 0.15) is 0 Å². The number of hydrogen-bond acceptors (Lipinski definition) is 0. The van der Waals surface area contributed by atoms with Crippen molar-refractivity contribution < 1.29 is 0 Å². The average Bonchev–Trinajstić information content (AvgIpc) is 2.64. The van der Waals surface area contributed by atoms with Crippen molar-refractivity contribution in [2.45, 2.75) is 133 Å². The number of rotatable bonds is 0. The van der Waals surface area contributed by atoms with Gasteiger partial charge < -0.3 is 0 Å². The average molecular weight is 367 g/mol. The Balaban J connectivity index is 0.000000793. The Kier molecular flexibility index (Phi) is 14.1. The third-order valence-electron chi connectivity index (χ3n) is 7.57. The molecule has 3 saturated carbocycles. The lowest BCUT2D eigenvalue weighted by atomic mass is 9.49. The molecule has 0 aromatic heterocycles. The summed E-state index contributed by atoms with van der Waals surface area (Å²) in [5, 5.41) is 0. The predicted molar refractivity (Wildman–Crippen MR) is 122 cm³/mol. The van der Waals surface area contributed by atoms with E-state index in [2.05, 4.69) is 34.6 Å². The molecule has 0 aromatic rings. The summed E-state index contributed by atoms with van der Waals surface area (Å²) in [5.41, 5.74) is 0.696. The molecule has 0 heterocycles. The van der Waals surface area contributed by atoms with Crippen molar-refractivity contribution in [2.75, 3.05) is 0 Å². The first-order chi connectivity index (χ1) is 12.5. The van der Waals surface area contributed by atoms with Crippen LogP contribution in [0.25, 0.3) is 0 Å². The first-order valence-electron chi connectivity index (χ1n) is 12.5. The maximum atomic E-state index is 2.65. The first kappa shape index (κ1) is 26.0. The van der Waals surface area contributed by atoms with Crippen molar-refractivity contribution in [1.29, 1.82) is 0 Å². The summed E-state index contributed by atoms with van der Waals surface area (Å²) in [7, 11) is 0. The molecular weight excluding hydrogens is 312 g/mol. The maximum absolute atomic E-state index is 2.65. The van der Waals surface area contributed by atoms with Crippen molar-refractivity contribution in [2.24, 2.45) is 35.0 Å². The fraction of sp³-hybridized carbons (Fsp3) is 1.00. The van der Waals surface area contributed by atoms with E-state index in [1.54, 1.807) is 25.7 Å². The van der Waals surface area contributed by atoms with Gasteiger partial charge in [0.05, 0.1) is 0 Å². The van der Waals surface area contributed by atoms with E-state index in [9.17, 15) is 0 Å². The second kappa shape index (κ2) is 14.1. The van der Waals surface area contributed by atoms with Crippen molar-refractivity contribution in [1.82, 2.24) is 0 Å². The fourth-order valence-electron chi connectivity index (χ4n) is 5.99. The van der Waals surface area contributed by atoms with E-state index in [4.69, 9.17) is 0 Å². The van der Waals surface area contributed by atoms with E-state index in [-0.39, 0.29) is 0 Å². The highest BCUT2D eigenvalue weighted by Crippen LogP contribution is 2.59. The molecule has 3 rings (SSSR count). The Morgan fingerprint density at radius 3 is 1.92 bits per heavy atom. The van der Waals surface area contributed by atoms with Crippen LogP contribution in [0.1, 0.15) is 133 Å². The quantitative estimate of drug-likeness (QED) is 0.400. The van der Waals surface area contributed by atoms with E-state index in [0.29, 0.717) is 5.41 Å². The molecule has 26 heavy (non-hydrogen) atoms. The Morgan fingerprint density at radius 2 is 1.31 bits per heavy atom. The molecule has 0 N–H and O–H groups in total. The monoisotopic (exact) mass is 366 g/mol. The molecule has 0 heteroatoms. The molecule has 3 aliphatic carbocycles. The van der Waals surface area contributed by atoms with Crippen LogP contribution < -0.4 is 0 Å². The fourth-order valence-corrected chi connectivity index (χ4v) is 5.99. The van der Waals surface area contributed by atoms with Crippen LogP contribution in [-0.4, -0.2) is 0 Å². The zero-order chi connectivity index (χ0) is 20.2. The molecule has 0 bridgehead atoms. The summed E-state index contributed by atoms with van der Waals surface area (Å²) >= 11 is 0. The second-order valence-corrected chi connectivity index (χ2v) is 9.23. The molecule has 6 atom stereocenters. The van der Waals surface area contributed by atoms with Gasteiger partial charge in [-0.3, -0.25) is 0 Å². The van der Waals surface area contributed by atoms with E-state index in [1.807, 2.05) is 27.7 Å². The maximum Gasteiger partial charge on any atom is -0.0269 e. The molecule has 0 amide bonds. The van der Waals surface area contributed by atoms with Gasteiger partial charge in [0.15, 0.2) is 0 Å². The van der Waals surface area contributed by atoms with E-state index in [0.717, 1.165) is 29.6 Å². The summed E-state index contributed by atoms with van der Waals surface area (Å²) in [5.74, 6) is 5.23. The summed E-state index contributed by atoms with van der Waals surface area (Å²) < 4.78 is 0. The second-order valence-electron chi connectivity index (χ2n) is 9.23. The first-order valence-corrected chi connectivity index (χ1v) is 12.5. The highest BCUT2D eigenvalue weighted by Gasteiger charge is 2.49. The summed E-state index contributed by atoms with van der Waals surface area (Å²) in [6, 6.07) is 0. The van der Waals surface area contributed by atoms with Gasteiger partial charge in [-0.1, -0.05) is 107 Å². The highest BCUT2D eigenvalue weighted by molar-refractivity contribution is 4.99. The van der Waals surface area contributed by atoms with Crippen molar-refractivity contribution >= 4 is 0 Å². The molecule has 158 valence electrons. The van der Waals surface area contributed by atoms with Crippen LogP contribution in [0.15, 0.2) is 0 Å². The standard InChI is InChI=1S/C19H34.C3H8.2C2H6/c1-14-6-4-8-16-12-13-19(3)15(2)7-5-9-18(19)17(16)11-10-14;1-3-2;2*1-2/h14-18H,4-13H2,1-3H3;3H2,1-2H3;2*1-2H3. The zero-order valence-electron chi connectivity index (χ0n) is 20.2. The molecule has 0 nitrogen and oxygen atoms in total. The van der Waals surface area contributed by atoms with Crippen LogP contribution in [-0.2, 0) is 0 Å². The highest BCUT2D eigenvalue weighted by atomic mass is 14.5. The van der Waals surface area contributed by atoms with E-state index < -0.39 is 0 Å². The molecule has 6 unspecified atom stereocenters. The van der Waals surface area contributed by atoms with Crippen LogP contribution in [0, 0.1) is 35.0 Å². The lowest BCUT2D eigenvalue weighted by Crippen LogP contribution is -2.47. The molecule has 0 saturated heterocycles. The van der Waals surface area contributed by atoms with Crippen molar-refractivity contribution in [3.05, 3.63) is 0 Å². The Hall–Kier alpha value is 0. The Bertz CT molecular complexity index is 320. The molecule has 3 aliphatic rings. The topological polar surface area (TPSA) is 0 Å². The summed E-state index contributed by atoms with van der Waals surface area (Å²) in [6.45, 7) is 19.9. The molecule has 3 fully saturated rings. The molecule has 0 aromatic carbocycles. The van der Waals surface area contributed by atoms with Crippen LogP contribution in [0.3, 0.4) is 0 Å². The van der Waals surface area contributed by atoms with Gasteiger partial charge in [0.25, 0.3) is 0 Å². The number of fused-ring (bicyclic) bond motifs is 3. The molecule has 0 radical (unpaired) electrons. The van der Waals surface area contributed by atoms with Crippen LogP contribution in [0.2, 0.25) is 0 Å². The minimum Gasteiger partial charge on any atom is -0.0683 e. The SMILES string of the molecule is CC.CC.CC1CCCC2CCC3(C)C(C)CCCC3C2CC1.CCC. The smallest absolute Gasteiger partial charge is 0.0269 e. The Labute approximate surface area is 168 Å². The van der Waals surface area contributed by atoms with Crippen LogP contribution in [0.5, 0.6) is 0 Å². The summed E-state index contributed by atoms with van der Waals surface area (Å²) in [6.07, 6.45) is 16.5. The van der Waals surface area contributed by atoms with Gasteiger partial charge in [0, 0.05) is 0 Å². The molecular formula is C26H54. The minimum absolute atomic E-state index is 0.696. The Morgan fingerprint density at radius 1 is 0.731 bits per heavy atom. The lowest BCUT2D eigenvalue weighted by molar-refractivity contribution is -0.0642. The van der Waals surface area contributed by atoms with Gasteiger partial charge in [0.2, 0.25) is 0 Å². The van der Waals surface area contributed by atoms with E-state index in [1.165, 1.54) is 44.9 Å². The van der Waals surface area contributed by atoms with Crippen LogP contribution >= 0.6 is 0 Å². The van der Waals surface area contributed by atoms with Gasteiger partial charge in [-0.15, -0.1) is 0 Å². The molecule has 0 spiro atoms. The summed E-state index contributed by atoms with van der Waals surface area (Å²) in [4.78, 5) is 0. The van der Waals surface area contributed by atoms with Crippen LogP contribution in [0.4, 0.5) is 0 Å². The van der Waals surface area contributed by atoms with Gasteiger partial charge in [-0.25, -0.2) is 0 Å². The lowest BCUT2D eigenvalue weighted by Gasteiger charge is -2.56. The third kappa shape index (κ3) is 6.87.